The molecule has 0 fully saturated rings. The number of amides is 1. The summed E-state index contributed by atoms with van der Waals surface area (Å²) in [4.78, 5) is 25.9. The van der Waals surface area contributed by atoms with Gasteiger partial charge in [0.25, 0.3) is 5.91 Å². The summed E-state index contributed by atoms with van der Waals surface area (Å²) < 4.78 is 0. The first-order valence-corrected chi connectivity index (χ1v) is 6.62. The highest BCUT2D eigenvalue weighted by Gasteiger charge is 2.07. The number of benzene rings is 1. The molecule has 0 bridgehead atoms. The van der Waals surface area contributed by atoms with Gasteiger partial charge in [0, 0.05) is 17.3 Å². The molecule has 0 radical (unpaired) electrons. The van der Waals surface area contributed by atoms with E-state index in [2.05, 4.69) is 24.1 Å². The van der Waals surface area contributed by atoms with Crippen LogP contribution in [0.15, 0.2) is 47.3 Å². The molecule has 0 saturated carbocycles. The van der Waals surface area contributed by atoms with Gasteiger partial charge in [0.1, 0.15) is 0 Å². The normalized spacial score (nSPS) is 10.6. The predicted molar refractivity (Wildman–Crippen MR) is 78.8 cm³/mol. The minimum Gasteiger partial charge on any atom is -0.346 e. The third-order valence-corrected chi connectivity index (χ3v) is 3.08. The quantitative estimate of drug-likeness (QED) is 0.896. The minimum absolute atomic E-state index is 0.141. The third kappa shape index (κ3) is 3.57. The van der Waals surface area contributed by atoms with Crippen molar-refractivity contribution in [3.8, 4) is 0 Å². The van der Waals surface area contributed by atoms with Gasteiger partial charge in [-0.25, -0.2) is 0 Å². The van der Waals surface area contributed by atoms with Crippen molar-refractivity contribution in [3.05, 3.63) is 69.6 Å². The Bertz CT molecular complexity index is 659. The Hall–Kier alpha value is -2.36. The molecular weight excluding hydrogens is 252 g/mol. The van der Waals surface area contributed by atoms with Crippen LogP contribution in [0, 0.1) is 0 Å². The Morgan fingerprint density at radius 1 is 1.20 bits per heavy atom. The van der Waals surface area contributed by atoms with Crippen LogP contribution in [0.5, 0.6) is 0 Å². The zero-order valence-electron chi connectivity index (χ0n) is 11.6. The van der Waals surface area contributed by atoms with E-state index in [1.165, 1.54) is 6.07 Å². The van der Waals surface area contributed by atoms with Crippen molar-refractivity contribution in [1.82, 2.24) is 10.3 Å². The Labute approximate surface area is 117 Å². The smallest absolute Gasteiger partial charge is 0.251 e. The van der Waals surface area contributed by atoms with Crippen molar-refractivity contribution >= 4 is 5.91 Å². The van der Waals surface area contributed by atoms with E-state index in [4.69, 9.17) is 0 Å². The van der Waals surface area contributed by atoms with E-state index >= 15 is 0 Å². The predicted octanol–water partition coefficient (Wildman–Crippen LogP) is 2.43. The van der Waals surface area contributed by atoms with Gasteiger partial charge in [-0.05, 0) is 29.7 Å². The van der Waals surface area contributed by atoms with Crippen LogP contribution in [0.25, 0.3) is 0 Å². The van der Waals surface area contributed by atoms with E-state index < -0.39 is 0 Å². The zero-order chi connectivity index (χ0) is 14.5. The summed E-state index contributed by atoms with van der Waals surface area (Å²) in [6, 6.07) is 12.5. The van der Waals surface area contributed by atoms with Crippen molar-refractivity contribution in [2.75, 3.05) is 0 Å². The number of nitrogens with one attached hydrogen (secondary N) is 2. The van der Waals surface area contributed by atoms with E-state index in [-0.39, 0.29) is 11.5 Å². The summed E-state index contributed by atoms with van der Waals surface area (Å²) >= 11 is 0. The van der Waals surface area contributed by atoms with E-state index in [0.29, 0.717) is 23.7 Å². The number of pyridine rings is 1. The molecule has 0 spiro atoms. The monoisotopic (exact) mass is 270 g/mol. The molecule has 4 nitrogen and oxygen atoms in total. The SMILES string of the molecule is CC(C)c1cccc(C(=O)NCc2cccc(=O)[nH]2)c1. The Morgan fingerprint density at radius 2 is 1.95 bits per heavy atom. The van der Waals surface area contributed by atoms with Crippen molar-refractivity contribution in [1.29, 1.82) is 0 Å². The van der Waals surface area contributed by atoms with Crippen molar-refractivity contribution in [3.63, 3.8) is 0 Å². The second-order valence-electron chi connectivity index (χ2n) is 5.00. The molecule has 0 unspecified atom stereocenters. The molecule has 1 amide bonds. The molecule has 104 valence electrons. The van der Waals surface area contributed by atoms with Gasteiger partial charge in [0.05, 0.1) is 6.54 Å². The Kier molecular flexibility index (Phi) is 4.35. The lowest BCUT2D eigenvalue weighted by atomic mass is 10.0. The van der Waals surface area contributed by atoms with Crippen LogP contribution in [-0.2, 0) is 6.54 Å². The second-order valence-corrected chi connectivity index (χ2v) is 5.00. The highest BCUT2D eigenvalue weighted by atomic mass is 16.1. The highest BCUT2D eigenvalue weighted by Crippen LogP contribution is 2.15. The summed E-state index contributed by atoms with van der Waals surface area (Å²) in [7, 11) is 0. The summed E-state index contributed by atoms with van der Waals surface area (Å²) in [6.45, 7) is 4.48. The zero-order valence-corrected chi connectivity index (χ0v) is 11.6. The van der Waals surface area contributed by atoms with Crippen molar-refractivity contribution in [2.45, 2.75) is 26.3 Å². The minimum atomic E-state index is -0.168. The summed E-state index contributed by atoms with van der Waals surface area (Å²) in [5.41, 5.74) is 2.28. The molecule has 1 heterocycles. The van der Waals surface area contributed by atoms with E-state index in [9.17, 15) is 9.59 Å². The molecule has 2 rings (SSSR count). The molecule has 0 atom stereocenters. The Morgan fingerprint density at radius 3 is 2.65 bits per heavy atom. The van der Waals surface area contributed by atoms with Crippen LogP contribution in [0.3, 0.4) is 0 Å². The fourth-order valence-corrected chi connectivity index (χ4v) is 1.91. The molecule has 0 aliphatic rings. The van der Waals surface area contributed by atoms with Crippen LogP contribution in [0.4, 0.5) is 0 Å². The summed E-state index contributed by atoms with van der Waals surface area (Å²) in [6.07, 6.45) is 0. The number of carbonyl (C=O) groups excluding carboxylic acids is 1. The van der Waals surface area contributed by atoms with Crippen LogP contribution < -0.4 is 10.9 Å². The molecule has 2 N–H and O–H groups in total. The number of aromatic nitrogens is 1. The maximum atomic E-state index is 12.1. The van der Waals surface area contributed by atoms with Crippen LogP contribution in [0.1, 0.15) is 41.4 Å². The van der Waals surface area contributed by atoms with Gasteiger partial charge in [0.15, 0.2) is 0 Å². The standard InChI is InChI=1S/C16H18N2O2/c1-11(2)12-5-3-6-13(9-12)16(20)17-10-14-7-4-8-15(19)18-14/h3-9,11H,10H2,1-2H3,(H,17,20)(H,18,19). The number of rotatable bonds is 4. The number of hydrogen-bond donors (Lipinski definition) is 2. The van der Waals surface area contributed by atoms with Crippen molar-refractivity contribution in [2.24, 2.45) is 0 Å². The van der Waals surface area contributed by atoms with E-state index in [1.54, 1.807) is 18.2 Å². The molecule has 20 heavy (non-hydrogen) atoms. The molecule has 2 aromatic rings. The first-order valence-electron chi connectivity index (χ1n) is 6.62. The van der Waals surface area contributed by atoms with E-state index in [0.717, 1.165) is 5.56 Å². The van der Waals surface area contributed by atoms with E-state index in [1.807, 2.05) is 18.2 Å². The highest BCUT2D eigenvalue weighted by molar-refractivity contribution is 5.94. The van der Waals surface area contributed by atoms with Gasteiger partial charge >= 0.3 is 0 Å². The van der Waals surface area contributed by atoms with Crippen molar-refractivity contribution < 1.29 is 4.79 Å². The Balaban J connectivity index is 2.05. The summed E-state index contributed by atoms with van der Waals surface area (Å²) in [5, 5.41) is 2.80. The van der Waals surface area contributed by atoms with Crippen LogP contribution >= 0.6 is 0 Å². The summed E-state index contributed by atoms with van der Waals surface area (Å²) in [5.74, 6) is 0.241. The average Bonchev–Trinajstić information content (AvgIpc) is 2.45. The molecule has 0 saturated heterocycles. The lowest BCUT2D eigenvalue weighted by molar-refractivity contribution is 0.0950. The number of H-pyrrole nitrogens is 1. The van der Waals surface area contributed by atoms with Gasteiger partial charge in [-0.1, -0.05) is 32.0 Å². The molecule has 4 heteroatoms. The topological polar surface area (TPSA) is 62.0 Å². The largest absolute Gasteiger partial charge is 0.346 e. The average molecular weight is 270 g/mol. The molecule has 1 aromatic heterocycles. The first-order chi connectivity index (χ1) is 9.56. The molecule has 1 aromatic carbocycles. The molecule has 0 aliphatic carbocycles. The number of carbonyl (C=O) groups is 1. The molecule has 0 aliphatic heterocycles. The maximum Gasteiger partial charge on any atom is 0.251 e. The fraction of sp³-hybridized carbons (Fsp3) is 0.250. The van der Waals surface area contributed by atoms with Gasteiger partial charge in [-0.3, -0.25) is 9.59 Å². The lowest BCUT2D eigenvalue weighted by Gasteiger charge is -2.09. The first kappa shape index (κ1) is 14.1. The van der Waals surface area contributed by atoms with Crippen LogP contribution in [0.2, 0.25) is 0 Å². The van der Waals surface area contributed by atoms with Gasteiger partial charge in [0.2, 0.25) is 5.56 Å². The molecular formula is C16H18N2O2. The second kappa shape index (κ2) is 6.19. The van der Waals surface area contributed by atoms with Gasteiger partial charge in [-0.2, -0.15) is 0 Å². The van der Waals surface area contributed by atoms with Gasteiger partial charge in [-0.15, -0.1) is 0 Å². The van der Waals surface area contributed by atoms with Gasteiger partial charge < -0.3 is 10.3 Å². The fourth-order valence-electron chi connectivity index (χ4n) is 1.91. The van der Waals surface area contributed by atoms with Crippen LogP contribution in [-0.4, -0.2) is 10.9 Å². The maximum absolute atomic E-state index is 12.1. The number of aromatic amines is 1. The lowest BCUT2D eigenvalue weighted by Crippen LogP contribution is -2.24. The third-order valence-electron chi connectivity index (χ3n) is 3.08. The number of hydrogen-bond acceptors (Lipinski definition) is 2.